The van der Waals surface area contributed by atoms with Crippen molar-refractivity contribution in [3.63, 3.8) is 0 Å². The third-order valence-corrected chi connectivity index (χ3v) is 2.94. The van der Waals surface area contributed by atoms with Crippen molar-refractivity contribution in [2.45, 2.75) is 19.9 Å². The number of nitrogens with one attached hydrogen (secondary N) is 2. The first-order valence-electron chi connectivity index (χ1n) is 5.96. The van der Waals surface area contributed by atoms with Crippen molar-refractivity contribution < 1.29 is 14.7 Å². The van der Waals surface area contributed by atoms with Crippen LogP contribution >= 0.6 is 0 Å². The van der Waals surface area contributed by atoms with Gasteiger partial charge in [0.2, 0.25) is 0 Å². The summed E-state index contributed by atoms with van der Waals surface area (Å²) in [5.41, 5.74) is 0.995. The highest BCUT2D eigenvalue weighted by Crippen LogP contribution is 2.16. The molecule has 1 amide bonds. The molecule has 0 fully saturated rings. The number of carboxylic acids is 1. The first kappa shape index (κ1) is 13.1. The molecule has 0 saturated carbocycles. The molecule has 1 aromatic heterocycles. The zero-order chi connectivity index (χ0) is 14.0. The standard InChI is InChI=1S/C13H15N3O3/c1-7(2)10(13(18)19)15-12(17)9-5-3-4-8-6-14-16-11(8)9/h3-7,10H,1-2H3,(H,14,16)(H,15,17)(H,18,19). The lowest BCUT2D eigenvalue weighted by molar-refractivity contribution is -0.140. The van der Waals surface area contributed by atoms with Crippen molar-refractivity contribution >= 4 is 22.8 Å². The lowest BCUT2D eigenvalue weighted by atomic mass is 10.0. The van der Waals surface area contributed by atoms with Crippen molar-refractivity contribution in [1.82, 2.24) is 15.5 Å². The molecule has 19 heavy (non-hydrogen) atoms. The van der Waals surface area contributed by atoms with Gasteiger partial charge in [-0.1, -0.05) is 26.0 Å². The minimum atomic E-state index is -1.04. The van der Waals surface area contributed by atoms with E-state index in [-0.39, 0.29) is 5.92 Å². The third kappa shape index (κ3) is 2.57. The van der Waals surface area contributed by atoms with Gasteiger partial charge in [0.1, 0.15) is 6.04 Å². The molecule has 0 bridgehead atoms. The predicted octanol–water partition coefficient (Wildman–Crippen LogP) is 1.40. The molecule has 2 rings (SSSR count). The Balaban J connectivity index is 2.29. The van der Waals surface area contributed by atoms with E-state index in [1.165, 1.54) is 0 Å². The number of amides is 1. The second kappa shape index (κ2) is 5.09. The van der Waals surface area contributed by atoms with Crippen LogP contribution in [0.5, 0.6) is 0 Å². The normalized spacial score (nSPS) is 12.6. The molecule has 3 N–H and O–H groups in total. The molecular weight excluding hydrogens is 246 g/mol. The monoisotopic (exact) mass is 261 g/mol. The van der Waals surface area contributed by atoms with Gasteiger partial charge in [-0.3, -0.25) is 9.89 Å². The Kier molecular flexibility index (Phi) is 3.50. The second-order valence-electron chi connectivity index (χ2n) is 4.67. The number of H-pyrrole nitrogens is 1. The van der Waals surface area contributed by atoms with Gasteiger partial charge in [-0.15, -0.1) is 0 Å². The summed E-state index contributed by atoms with van der Waals surface area (Å²) >= 11 is 0. The largest absolute Gasteiger partial charge is 0.480 e. The van der Waals surface area contributed by atoms with Gasteiger partial charge in [0, 0.05) is 5.39 Å². The van der Waals surface area contributed by atoms with E-state index >= 15 is 0 Å². The lowest BCUT2D eigenvalue weighted by Crippen LogP contribution is -2.44. The Bertz CT molecular complexity index is 618. The first-order valence-corrected chi connectivity index (χ1v) is 5.96. The van der Waals surface area contributed by atoms with Crippen molar-refractivity contribution in [2.24, 2.45) is 5.92 Å². The van der Waals surface area contributed by atoms with Crippen LogP contribution in [0.1, 0.15) is 24.2 Å². The summed E-state index contributed by atoms with van der Waals surface area (Å²) in [5, 5.41) is 19.0. The highest BCUT2D eigenvalue weighted by Gasteiger charge is 2.24. The van der Waals surface area contributed by atoms with Gasteiger partial charge in [-0.05, 0) is 12.0 Å². The van der Waals surface area contributed by atoms with Crippen LogP contribution in [0.2, 0.25) is 0 Å². The molecule has 0 spiro atoms. The van der Waals surface area contributed by atoms with Crippen LogP contribution in [-0.2, 0) is 4.79 Å². The number of para-hydroxylation sites is 1. The second-order valence-corrected chi connectivity index (χ2v) is 4.67. The van der Waals surface area contributed by atoms with E-state index in [9.17, 15) is 9.59 Å². The summed E-state index contributed by atoms with van der Waals surface area (Å²) in [6, 6.07) is 4.28. The topological polar surface area (TPSA) is 95.1 Å². The smallest absolute Gasteiger partial charge is 0.326 e. The quantitative estimate of drug-likeness (QED) is 0.775. The minimum Gasteiger partial charge on any atom is -0.480 e. The fourth-order valence-electron chi connectivity index (χ4n) is 1.89. The number of nitrogens with zero attached hydrogens (tertiary/aromatic N) is 1. The maximum Gasteiger partial charge on any atom is 0.326 e. The van der Waals surface area contributed by atoms with Crippen LogP contribution in [0, 0.1) is 5.92 Å². The molecular formula is C13H15N3O3. The number of carboxylic acid groups (broad SMARTS) is 1. The van der Waals surface area contributed by atoms with Crippen LogP contribution in [0.25, 0.3) is 10.9 Å². The number of aromatic nitrogens is 2. The maximum atomic E-state index is 12.2. The fraction of sp³-hybridized carbons (Fsp3) is 0.308. The number of hydrogen-bond donors (Lipinski definition) is 3. The van der Waals surface area contributed by atoms with Crippen LogP contribution in [-0.4, -0.2) is 33.2 Å². The first-order chi connectivity index (χ1) is 9.00. The maximum absolute atomic E-state index is 12.2. The summed E-state index contributed by atoms with van der Waals surface area (Å²) in [7, 11) is 0. The zero-order valence-corrected chi connectivity index (χ0v) is 10.7. The van der Waals surface area contributed by atoms with Crippen LogP contribution < -0.4 is 5.32 Å². The Labute approximate surface area is 109 Å². The average Bonchev–Trinajstić information content (AvgIpc) is 2.82. The summed E-state index contributed by atoms with van der Waals surface area (Å²) in [5.74, 6) is -1.65. The molecule has 0 saturated heterocycles. The zero-order valence-electron chi connectivity index (χ0n) is 10.7. The molecule has 1 heterocycles. The molecule has 100 valence electrons. The van der Waals surface area contributed by atoms with E-state index in [2.05, 4.69) is 15.5 Å². The van der Waals surface area contributed by atoms with Gasteiger partial charge in [-0.25, -0.2) is 4.79 Å². The number of rotatable bonds is 4. The molecule has 6 nitrogen and oxygen atoms in total. The summed E-state index contributed by atoms with van der Waals surface area (Å²) in [6.45, 7) is 3.49. The van der Waals surface area contributed by atoms with Crippen molar-refractivity contribution in [3.05, 3.63) is 30.0 Å². The summed E-state index contributed by atoms with van der Waals surface area (Å²) in [4.78, 5) is 23.2. The van der Waals surface area contributed by atoms with Crippen LogP contribution in [0.15, 0.2) is 24.4 Å². The molecule has 0 radical (unpaired) electrons. The fourth-order valence-corrected chi connectivity index (χ4v) is 1.89. The van der Waals surface area contributed by atoms with Crippen LogP contribution in [0.4, 0.5) is 0 Å². The van der Waals surface area contributed by atoms with Gasteiger partial charge in [0.25, 0.3) is 5.91 Å². The number of hydrogen-bond acceptors (Lipinski definition) is 3. The molecule has 0 aliphatic heterocycles. The highest BCUT2D eigenvalue weighted by atomic mass is 16.4. The highest BCUT2D eigenvalue weighted by molar-refractivity contribution is 6.06. The summed E-state index contributed by atoms with van der Waals surface area (Å²) in [6.07, 6.45) is 1.61. The van der Waals surface area contributed by atoms with E-state index in [0.29, 0.717) is 11.1 Å². The Morgan fingerprint density at radius 3 is 2.74 bits per heavy atom. The summed E-state index contributed by atoms with van der Waals surface area (Å²) < 4.78 is 0. The van der Waals surface area contributed by atoms with Crippen molar-refractivity contribution in [3.8, 4) is 0 Å². The molecule has 1 aromatic carbocycles. The van der Waals surface area contributed by atoms with Crippen molar-refractivity contribution in [1.29, 1.82) is 0 Å². The molecule has 0 aliphatic carbocycles. The number of carbonyl (C=O) groups is 2. The molecule has 0 aliphatic rings. The number of aromatic amines is 1. The van der Waals surface area contributed by atoms with Gasteiger partial charge in [0.05, 0.1) is 17.3 Å². The van der Waals surface area contributed by atoms with E-state index in [0.717, 1.165) is 5.39 Å². The van der Waals surface area contributed by atoms with E-state index in [1.807, 2.05) is 6.07 Å². The molecule has 6 heteroatoms. The number of benzene rings is 1. The number of fused-ring (bicyclic) bond motifs is 1. The Morgan fingerprint density at radius 1 is 1.37 bits per heavy atom. The Hall–Kier alpha value is -2.37. The van der Waals surface area contributed by atoms with E-state index in [1.54, 1.807) is 32.2 Å². The molecule has 2 aromatic rings. The number of carbonyl (C=O) groups excluding carboxylic acids is 1. The van der Waals surface area contributed by atoms with Gasteiger partial charge in [0.15, 0.2) is 0 Å². The van der Waals surface area contributed by atoms with Crippen molar-refractivity contribution in [2.75, 3.05) is 0 Å². The van der Waals surface area contributed by atoms with Gasteiger partial charge < -0.3 is 10.4 Å². The number of aliphatic carboxylic acids is 1. The van der Waals surface area contributed by atoms with Crippen LogP contribution in [0.3, 0.4) is 0 Å². The molecule has 1 unspecified atom stereocenters. The lowest BCUT2D eigenvalue weighted by Gasteiger charge is -2.18. The SMILES string of the molecule is CC(C)C(NC(=O)c1cccc2cn[nH]c12)C(=O)O. The Morgan fingerprint density at radius 2 is 2.11 bits per heavy atom. The van der Waals surface area contributed by atoms with Gasteiger partial charge in [-0.2, -0.15) is 5.10 Å². The van der Waals surface area contributed by atoms with Gasteiger partial charge >= 0.3 is 5.97 Å². The average molecular weight is 261 g/mol. The minimum absolute atomic E-state index is 0.192. The predicted molar refractivity (Wildman–Crippen MR) is 69.8 cm³/mol. The van der Waals surface area contributed by atoms with E-state index in [4.69, 9.17) is 5.11 Å². The van der Waals surface area contributed by atoms with E-state index < -0.39 is 17.9 Å². The third-order valence-electron chi connectivity index (χ3n) is 2.94. The molecule has 1 atom stereocenters.